The Labute approximate surface area is 59.6 Å². The summed E-state index contributed by atoms with van der Waals surface area (Å²) in [5.74, 6) is 1.81. The molecular formula is C7H11NO2. The van der Waals surface area contributed by atoms with Crippen LogP contribution in [0.2, 0.25) is 0 Å². The molecule has 0 aliphatic carbocycles. The van der Waals surface area contributed by atoms with Crippen molar-refractivity contribution in [1.82, 2.24) is 5.48 Å². The fourth-order valence-corrected chi connectivity index (χ4v) is 0.799. The molecule has 1 rings (SSSR count). The second kappa shape index (κ2) is 3.39. The monoisotopic (exact) mass is 141 g/mol. The molecule has 0 aliphatic heterocycles. The summed E-state index contributed by atoms with van der Waals surface area (Å²) in [6.07, 6.45) is 0.727. The molecule has 0 atom stereocenters. The summed E-state index contributed by atoms with van der Waals surface area (Å²) in [5, 5.41) is 8.24. The lowest BCUT2D eigenvalue weighted by atomic mass is 10.3. The first kappa shape index (κ1) is 7.31. The number of hydrogen-bond donors (Lipinski definition) is 2. The van der Waals surface area contributed by atoms with Crippen molar-refractivity contribution >= 4 is 0 Å². The average molecular weight is 141 g/mol. The largest absolute Gasteiger partial charge is 0.466 e. The normalized spacial score (nSPS) is 10.2. The van der Waals surface area contributed by atoms with Crippen molar-refractivity contribution in [2.24, 2.45) is 0 Å². The molecule has 56 valence electrons. The van der Waals surface area contributed by atoms with Crippen molar-refractivity contribution in [3.63, 3.8) is 0 Å². The summed E-state index contributed by atoms with van der Waals surface area (Å²) < 4.78 is 5.23. The zero-order valence-electron chi connectivity index (χ0n) is 5.92. The number of furan rings is 1. The zero-order valence-corrected chi connectivity index (χ0v) is 5.92. The number of aryl methyl sites for hydroxylation is 1. The Bertz CT molecular complexity index is 195. The van der Waals surface area contributed by atoms with Gasteiger partial charge in [0, 0.05) is 13.0 Å². The third kappa shape index (κ3) is 1.86. The quantitative estimate of drug-likeness (QED) is 0.620. The summed E-state index contributed by atoms with van der Waals surface area (Å²) in [6.45, 7) is 2.43. The van der Waals surface area contributed by atoms with E-state index in [0.717, 1.165) is 17.9 Å². The van der Waals surface area contributed by atoms with E-state index in [1.54, 1.807) is 0 Å². The molecule has 3 heteroatoms. The van der Waals surface area contributed by atoms with Gasteiger partial charge in [-0.3, -0.25) is 0 Å². The maximum absolute atomic E-state index is 8.24. The Morgan fingerprint density at radius 2 is 2.40 bits per heavy atom. The fourth-order valence-electron chi connectivity index (χ4n) is 0.799. The summed E-state index contributed by atoms with van der Waals surface area (Å²) in [5.41, 5.74) is 2.07. The molecular weight excluding hydrogens is 130 g/mol. The minimum atomic E-state index is 0.535. The zero-order chi connectivity index (χ0) is 7.40. The predicted molar refractivity (Wildman–Crippen MR) is 36.9 cm³/mol. The fraction of sp³-hybridized carbons (Fsp3) is 0.429. The van der Waals surface area contributed by atoms with Crippen LogP contribution in [0.25, 0.3) is 0 Å². The van der Waals surface area contributed by atoms with Gasteiger partial charge in [-0.1, -0.05) is 0 Å². The second-order valence-electron chi connectivity index (χ2n) is 2.17. The van der Waals surface area contributed by atoms with Crippen LogP contribution in [0.5, 0.6) is 0 Å². The highest BCUT2D eigenvalue weighted by Crippen LogP contribution is 2.05. The number of nitrogens with one attached hydrogen (secondary N) is 1. The molecule has 0 unspecified atom stereocenters. The molecule has 2 N–H and O–H groups in total. The molecule has 1 aromatic heterocycles. The van der Waals surface area contributed by atoms with Crippen LogP contribution in [0.4, 0.5) is 0 Å². The minimum absolute atomic E-state index is 0.535. The summed E-state index contributed by atoms with van der Waals surface area (Å²) >= 11 is 0. The van der Waals surface area contributed by atoms with Gasteiger partial charge >= 0.3 is 0 Å². The van der Waals surface area contributed by atoms with Crippen LogP contribution in [0.1, 0.15) is 11.5 Å². The lowest BCUT2D eigenvalue weighted by Crippen LogP contribution is -2.10. The smallest absolute Gasteiger partial charge is 0.105 e. The van der Waals surface area contributed by atoms with E-state index >= 15 is 0 Å². The van der Waals surface area contributed by atoms with Gasteiger partial charge in [-0.05, 0) is 19.1 Å². The Hall–Kier alpha value is -0.800. The standard InChI is InChI=1S/C7H11NO2/c1-6-2-3-7(10-6)4-5-8-9/h2-3,8-9H,4-5H2,1H3. The van der Waals surface area contributed by atoms with Crippen molar-refractivity contribution in [1.29, 1.82) is 0 Å². The minimum Gasteiger partial charge on any atom is -0.466 e. The van der Waals surface area contributed by atoms with Gasteiger partial charge in [0.2, 0.25) is 0 Å². The Morgan fingerprint density at radius 3 is 2.90 bits per heavy atom. The van der Waals surface area contributed by atoms with Crippen LogP contribution >= 0.6 is 0 Å². The Balaban J connectivity index is 2.42. The van der Waals surface area contributed by atoms with Gasteiger partial charge in [0.15, 0.2) is 0 Å². The molecule has 1 heterocycles. The van der Waals surface area contributed by atoms with Crippen molar-refractivity contribution < 1.29 is 9.62 Å². The van der Waals surface area contributed by atoms with Gasteiger partial charge in [-0.25, -0.2) is 5.48 Å². The maximum Gasteiger partial charge on any atom is 0.105 e. The van der Waals surface area contributed by atoms with Crippen molar-refractivity contribution in [2.75, 3.05) is 6.54 Å². The molecule has 0 aliphatic rings. The van der Waals surface area contributed by atoms with Crippen molar-refractivity contribution in [3.05, 3.63) is 23.7 Å². The molecule has 0 radical (unpaired) electrons. The first-order chi connectivity index (χ1) is 4.83. The number of rotatable bonds is 3. The molecule has 0 bridgehead atoms. The summed E-state index contributed by atoms with van der Waals surface area (Å²) in [7, 11) is 0. The predicted octanol–water partition coefficient (Wildman–Crippen LogP) is 1.11. The van der Waals surface area contributed by atoms with E-state index in [4.69, 9.17) is 9.62 Å². The molecule has 0 saturated carbocycles. The Morgan fingerprint density at radius 1 is 1.60 bits per heavy atom. The van der Waals surface area contributed by atoms with Crippen LogP contribution in [0, 0.1) is 6.92 Å². The number of hydrogen-bond acceptors (Lipinski definition) is 3. The molecule has 0 aromatic carbocycles. The Kier molecular flexibility index (Phi) is 2.48. The van der Waals surface area contributed by atoms with Crippen LogP contribution in [-0.2, 0) is 6.42 Å². The molecule has 0 spiro atoms. The molecule has 0 amide bonds. The lowest BCUT2D eigenvalue weighted by molar-refractivity contribution is 0.166. The molecule has 0 fully saturated rings. The van der Waals surface area contributed by atoms with Gasteiger partial charge in [0.05, 0.1) is 0 Å². The second-order valence-corrected chi connectivity index (χ2v) is 2.17. The first-order valence-electron chi connectivity index (χ1n) is 3.25. The SMILES string of the molecule is Cc1ccc(CCNO)o1. The molecule has 10 heavy (non-hydrogen) atoms. The lowest BCUT2D eigenvalue weighted by Gasteiger charge is -1.92. The molecule has 1 aromatic rings. The molecule has 3 nitrogen and oxygen atoms in total. The topological polar surface area (TPSA) is 45.4 Å². The van der Waals surface area contributed by atoms with Gasteiger partial charge in [0.25, 0.3) is 0 Å². The van der Waals surface area contributed by atoms with Crippen LogP contribution in [0.3, 0.4) is 0 Å². The summed E-state index contributed by atoms with van der Waals surface area (Å²) in [6, 6.07) is 3.82. The third-order valence-corrected chi connectivity index (χ3v) is 1.28. The van der Waals surface area contributed by atoms with E-state index in [0.29, 0.717) is 6.54 Å². The average Bonchev–Trinajstić information content (AvgIpc) is 2.31. The highest BCUT2D eigenvalue weighted by atomic mass is 16.5. The van der Waals surface area contributed by atoms with Gasteiger partial charge in [0.1, 0.15) is 11.5 Å². The van der Waals surface area contributed by atoms with Crippen molar-refractivity contribution in [2.45, 2.75) is 13.3 Å². The summed E-state index contributed by atoms with van der Waals surface area (Å²) in [4.78, 5) is 0. The van der Waals surface area contributed by atoms with E-state index in [1.807, 2.05) is 19.1 Å². The van der Waals surface area contributed by atoms with Crippen LogP contribution in [0.15, 0.2) is 16.5 Å². The van der Waals surface area contributed by atoms with E-state index in [9.17, 15) is 0 Å². The van der Waals surface area contributed by atoms with Crippen LogP contribution < -0.4 is 5.48 Å². The van der Waals surface area contributed by atoms with E-state index in [1.165, 1.54) is 0 Å². The maximum atomic E-state index is 8.24. The van der Waals surface area contributed by atoms with Crippen LogP contribution in [-0.4, -0.2) is 11.8 Å². The van der Waals surface area contributed by atoms with E-state index in [-0.39, 0.29) is 0 Å². The first-order valence-corrected chi connectivity index (χ1v) is 3.25. The van der Waals surface area contributed by atoms with E-state index < -0.39 is 0 Å². The van der Waals surface area contributed by atoms with Gasteiger partial charge in [-0.15, -0.1) is 0 Å². The number of hydroxylamine groups is 1. The van der Waals surface area contributed by atoms with Crippen molar-refractivity contribution in [3.8, 4) is 0 Å². The van der Waals surface area contributed by atoms with Gasteiger partial charge < -0.3 is 9.62 Å². The molecule has 0 saturated heterocycles. The third-order valence-electron chi connectivity index (χ3n) is 1.28. The van der Waals surface area contributed by atoms with E-state index in [2.05, 4.69) is 5.48 Å². The highest BCUT2D eigenvalue weighted by Gasteiger charge is 1.95. The van der Waals surface area contributed by atoms with Gasteiger partial charge in [-0.2, -0.15) is 0 Å². The highest BCUT2D eigenvalue weighted by molar-refractivity contribution is 5.05.